The third-order valence-corrected chi connectivity index (χ3v) is 6.66. The predicted octanol–water partition coefficient (Wildman–Crippen LogP) is 1.45. The highest BCUT2D eigenvalue weighted by molar-refractivity contribution is 7.89. The van der Waals surface area contributed by atoms with E-state index in [4.69, 9.17) is 0 Å². The molecule has 0 N–H and O–H groups in total. The number of piperazine rings is 1. The van der Waals surface area contributed by atoms with Crippen LogP contribution in [0.2, 0.25) is 0 Å². The summed E-state index contributed by atoms with van der Waals surface area (Å²) in [4.78, 5) is 13.8. The normalized spacial score (nSPS) is 22.6. The van der Waals surface area contributed by atoms with E-state index >= 15 is 0 Å². The topological polar surface area (TPSA) is 57.7 Å². The molecule has 2 fully saturated rings. The summed E-state index contributed by atoms with van der Waals surface area (Å²) in [6.07, 6.45) is 4.20. The molecule has 116 valence electrons. The van der Waals surface area contributed by atoms with Crippen molar-refractivity contribution < 1.29 is 13.2 Å². The average molecular weight is 302 g/mol. The lowest BCUT2D eigenvalue weighted by atomic mass is 10.1. The van der Waals surface area contributed by atoms with Gasteiger partial charge in [0.15, 0.2) is 0 Å². The van der Waals surface area contributed by atoms with E-state index in [1.54, 1.807) is 9.21 Å². The summed E-state index contributed by atoms with van der Waals surface area (Å²) < 4.78 is 26.5. The van der Waals surface area contributed by atoms with E-state index in [1.807, 2.05) is 13.8 Å². The first kappa shape index (κ1) is 15.8. The molecule has 1 aliphatic carbocycles. The molecule has 1 heterocycles. The number of hydrogen-bond donors (Lipinski definition) is 0. The van der Waals surface area contributed by atoms with Gasteiger partial charge in [-0.05, 0) is 18.8 Å². The molecule has 6 heteroatoms. The molecular weight excluding hydrogens is 276 g/mol. The molecule has 0 aromatic carbocycles. The van der Waals surface area contributed by atoms with E-state index in [0.29, 0.717) is 38.5 Å². The molecule has 20 heavy (non-hydrogen) atoms. The number of amides is 1. The fraction of sp³-hybridized carbons (Fsp3) is 0.929. The van der Waals surface area contributed by atoms with Gasteiger partial charge in [0.1, 0.15) is 0 Å². The minimum Gasteiger partial charge on any atom is -0.340 e. The van der Waals surface area contributed by atoms with Crippen LogP contribution in [0.25, 0.3) is 0 Å². The van der Waals surface area contributed by atoms with E-state index in [9.17, 15) is 13.2 Å². The van der Waals surface area contributed by atoms with Gasteiger partial charge in [-0.3, -0.25) is 4.79 Å². The number of sulfonamides is 1. The van der Waals surface area contributed by atoms with E-state index in [2.05, 4.69) is 0 Å². The second-order valence-electron chi connectivity index (χ2n) is 6.33. The number of nitrogens with zero attached hydrogens (tertiary/aromatic N) is 2. The van der Waals surface area contributed by atoms with Crippen LogP contribution in [0.15, 0.2) is 0 Å². The Hall–Kier alpha value is -0.620. The standard InChI is InChI=1S/C14H26N2O3S/c1-12(2)11-14(17)15-7-9-16(10-8-15)20(18,19)13-5-3-4-6-13/h12-13H,3-11H2,1-2H3. The maximum Gasteiger partial charge on any atom is 0.222 e. The van der Waals surface area contributed by atoms with Gasteiger partial charge < -0.3 is 4.90 Å². The Balaban J connectivity index is 1.89. The Kier molecular flexibility index (Phi) is 5.07. The molecule has 2 rings (SSSR count). The van der Waals surface area contributed by atoms with Crippen LogP contribution in [0, 0.1) is 5.92 Å². The van der Waals surface area contributed by atoms with Crippen molar-refractivity contribution in [2.75, 3.05) is 26.2 Å². The molecule has 1 saturated heterocycles. The van der Waals surface area contributed by atoms with E-state index in [-0.39, 0.29) is 11.2 Å². The summed E-state index contributed by atoms with van der Waals surface area (Å²) in [5.41, 5.74) is 0. The van der Waals surface area contributed by atoms with Crippen LogP contribution < -0.4 is 0 Å². The summed E-state index contributed by atoms with van der Waals surface area (Å²) in [5.74, 6) is 0.501. The third kappa shape index (κ3) is 3.52. The maximum absolute atomic E-state index is 12.5. The Morgan fingerprint density at radius 1 is 1.10 bits per heavy atom. The molecule has 0 spiro atoms. The zero-order valence-corrected chi connectivity index (χ0v) is 13.4. The first-order valence-electron chi connectivity index (χ1n) is 7.68. The second kappa shape index (κ2) is 6.43. The van der Waals surface area contributed by atoms with Gasteiger partial charge in [0.2, 0.25) is 15.9 Å². The van der Waals surface area contributed by atoms with Crippen molar-refractivity contribution in [3.05, 3.63) is 0 Å². The highest BCUT2D eigenvalue weighted by Crippen LogP contribution is 2.27. The molecule has 0 aromatic rings. The first-order valence-corrected chi connectivity index (χ1v) is 9.18. The lowest BCUT2D eigenvalue weighted by molar-refractivity contribution is -0.133. The van der Waals surface area contributed by atoms with Crippen molar-refractivity contribution in [2.24, 2.45) is 5.92 Å². The number of carbonyl (C=O) groups is 1. The van der Waals surface area contributed by atoms with Crippen molar-refractivity contribution in [3.8, 4) is 0 Å². The molecule has 1 amide bonds. The SMILES string of the molecule is CC(C)CC(=O)N1CCN(S(=O)(=O)C2CCCC2)CC1. The summed E-state index contributed by atoms with van der Waals surface area (Å²) in [6, 6.07) is 0. The number of hydrogen-bond acceptors (Lipinski definition) is 3. The van der Waals surface area contributed by atoms with Gasteiger partial charge in [-0.15, -0.1) is 0 Å². The summed E-state index contributed by atoms with van der Waals surface area (Å²) in [6.45, 7) is 6.05. The largest absolute Gasteiger partial charge is 0.340 e. The van der Waals surface area contributed by atoms with Crippen molar-refractivity contribution in [1.82, 2.24) is 9.21 Å². The van der Waals surface area contributed by atoms with E-state index in [0.717, 1.165) is 25.7 Å². The quantitative estimate of drug-likeness (QED) is 0.790. The highest BCUT2D eigenvalue weighted by atomic mass is 32.2. The van der Waals surface area contributed by atoms with Crippen LogP contribution in [0.4, 0.5) is 0 Å². The molecule has 1 aliphatic heterocycles. The smallest absolute Gasteiger partial charge is 0.222 e. The van der Waals surface area contributed by atoms with Crippen LogP contribution in [0.5, 0.6) is 0 Å². The zero-order chi connectivity index (χ0) is 14.8. The predicted molar refractivity (Wildman–Crippen MR) is 78.8 cm³/mol. The third-order valence-electron chi connectivity index (χ3n) is 4.26. The molecule has 0 aromatic heterocycles. The minimum atomic E-state index is -3.14. The van der Waals surface area contributed by atoms with E-state index in [1.165, 1.54) is 0 Å². The van der Waals surface area contributed by atoms with Gasteiger partial charge in [0.25, 0.3) is 0 Å². The van der Waals surface area contributed by atoms with Crippen LogP contribution >= 0.6 is 0 Å². The fourth-order valence-corrected chi connectivity index (χ4v) is 5.09. The summed E-state index contributed by atoms with van der Waals surface area (Å²) in [7, 11) is -3.14. The summed E-state index contributed by atoms with van der Waals surface area (Å²) in [5, 5.41) is -0.180. The van der Waals surface area contributed by atoms with Crippen LogP contribution in [-0.2, 0) is 14.8 Å². The van der Waals surface area contributed by atoms with Crippen molar-refractivity contribution in [1.29, 1.82) is 0 Å². The average Bonchev–Trinajstić information content (AvgIpc) is 2.92. The van der Waals surface area contributed by atoms with Gasteiger partial charge >= 0.3 is 0 Å². The molecule has 0 unspecified atom stereocenters. The molecule has 0 radical (unpaired) electrons. The number of carbonyl (C=O) groups excluding carboxylic acids is 1. The second-order valence-corrected chi connectivity index (χ2v) is 8.54. The van der Waals surface area contributed by atoms with Crippen LogP contribution in [0.1, 0.15) is 46.0 Å². The Labute approximate surface area is 122 Å². The highest BCUT2D eigenvalue weighted by Gasteiger charge is 2.36. The molecule has 0 bridgehead atoms. The van der Waals surface area contributed by atoms with Gasteiger partial charge in [0, 0.05) is 32.6 Å². The summed E-state index contributed by atoms with van der Waals surface area (Å²) >= 11 is 0. The van der Waals surface area contributed by atoms with Crippen molar-refractivity contribution >= 4 is 15.9 Å². The minimum absolute atomic E-state index is 0.151. The Morgan fingerprint density at radius 2 is 1.65 bits per heavy atom. The molecule has 5 nitrogen and oxygen atoms in total. The fourth-order valence-electron chi connectivity index (χ4n) is 3.07. The number of rotatable bonds is 4. The van der Waals surface area contributed by atoms with Gasteiger partial charge in [0.05, 0.1) is 5.25 Å². The van der Waals surface area contributed by atoms with Crippen LogP contribution in [-0.4, -0.2) is 55.0 Å². The van der Waals surface area contributed by atoms with Gasteiger partial charge in [-0.1, -0.05) is 26.7 Å². The lowest BCUT2D eigenvalue weighted by Crippen LogP contribution is -2.52. The molecule has 2 aliphatic rings. The van der Waals surface area contributed by atoms with E-state index < -0.39 is 10.0 Å². The Bertz CT molecular complexity index is 433. The van der Waals surface area contributed by atoms with Gasteiger partial charge in [-0.25, -0.2) is 8.42 Å². The molecular formula is C14H26N2O3S. The van der Waals surface area contributed by atoms with Crippen molar-refractivity contribution in [3.63, 3.8) is 0 Å². The maximum atomic E-state index is 12.5. The lowest BCUT2D eigenvalue weighted by Gasteiger charge is -2.35. The monoisotopic (exact) mass is 302 g/mol. The Morgan fingerprint density at radius 3 is 2.15 bits per heavy atom. The molecule has 0 atom stereocenters. The van der Waals surface area contributed by atoms with Crippen LogP contribution in [0.3, 0.4) is 0 Å². The zero-order valence-electron chi connectivity index (χ0n) is 12.5. The van der Waals surface area contributed by atoms with Crippen molar-refractivity contribution in [2.45, 2.75) is 51.2 Å². The first-order chi connectivity index (χ1) is 9.41. The molecule has 1 saturated carbocycles. The van der Waals surface area contributed by atoms with Gasteiger partial charge in [-0.2, -0.15) is 4.31 Å².